The van der Waals surface area contributed by atoms with Gasteiger partial charge in [-0.3, -0.25) is 4.79 Å². The van der Waals surface area contributed by atoms with Crippen LogP contribution < -0.4 is 25.3 Å². The van der Waals surface area contributed by atoms with Gasteiger partial charge in [0.05, 0.1) is 44.0 Å². The van der Waals surface area contributed by atoms with Crippen molar-refractivity contribution >= 4 is 38.8 Å². The molecular formula is C24H20F3N3O4S. The number of halogens is 3. The number of nitrogens with zero attached hydrogens (tertiary/aromatic N) is 1. The number of fused-ring (bicyclic) bond motifs is 1. The zero-order valence-electron chi connectivity index (χ0n) is 18.8. The van der Waals surface area contributed by atoms with Gasteiger partial charge >= 0.3 is 6.18 Å². The summed E-state index contributed by atoms with van der Waals surface area (Å²) in [6.07, 6.45) is -4.58. The maximum atomic E-state index is 13.1. The molecule has 2 heterocycles. The van der Waals surface area contributed by atoms with Gasteiger partial charge in [-0.25, -0.2) is 4.98 Å². The average molecular weight is 504 g/mol. The number of pyridine rings is 1. The zero-order valence-corrected chi connectivity index (χ0v) is 19.6. The molecule has 0 radical (unpaired) electrons. The highest BCUT2D eigenvalue weighted by Gasteiger charge is 2.31. The lowest BCUT2D eigenvalue weighted by molar-refractivity contribution is -0.137. The maximum Gasteiger partial charge on any atom is 0.416 e. The third kappa shape index (κ3) is 4.67. The average Bonchev–Trinajstić information content (AvgIpc) is 3.18. The van der Waals surface area contributed by atoms with E-state index >= 15 is 0 Å². The number of rotatable bonds is 6. The van der Waals surface area contributed by atoms with Crippen LogP contribution in [0.4, 0.5) is 24.5 Å². The number of thiophene rings is 1. The third-order valence-electron chi connectivity index (χ3n) is 5.25. The van der Waals surface area contributed by atoms with Gasteiger partial charge in [0.2, 0.25) is 0 Å². The number of hydrogen-bond donors (Lipinski definition) is 2. The summed E-state index contributed by atoms with van der Waals surface area (Å²) in [7, 11) is 4.37. The van der Waals surface area contributed by atoms with Gasteiger partial charge < -0.3 is 25.3 Å². The van der Waals surface area contributed by atoms with E-state index in [0.29, 0.717) is 27.4 Å². The molecule has 35 heavy (non-hydrogen) atoms. The topological polar surface area (TPSA) is 95.7 Å². The maximum absolute atomic E-state index is 13.1. The van der Waals surface area contributed by atoms with Crippen molar-refractivity contribution in [1.82, 2.24) is 4.98 Å². The van der Waals surface area contributed by atoms with Crippen LogP contribution in [0.1, 0.15) is 15.2 Å². The lowest BCUT2D eigenvalue weighted by atomic mass is 10.1. The number of benzene rings is 2. The molecule has 3 N–H and O–H groups in total. The van der Waals surface area contributed by atoms with Crippen LogP contribution in [0.5, 0.6) is 17.2 Å². The largest absolute Gasteiger partial charge is 0.495 e. The SMILES string of the molecule is COc1ccc(C(F)(F)F)cc1NC(=O)c1sc2nc(-c3ccc(OC)c(OC)c3)ccc2c1N. The van der Waals surface area contributed by atoms with E-state index in [1.807, 2.05) is 6.07 Å². The number of amides is 1. The minimum absolute atomic E-state index is 0.0832. The second-order valence-electron chi connectivity index (χ2n) is 7.33. The Morgan fingerprint density at radius 1 is 0.943 bits per heavy atom. The molecule has 2 aromatic carbocycles. The van der Waals surface area contributed by atoms with E-state index in [-0.39, 0.29) is 22.0 Å². The summed E-state index contributed by atoms with van der Waals surface area (Å²) >= 11 is 1.03. The summed E-state index contributed by atoms with van der Waals surface area (Å²) in [4.78, 5) is 18.2. The van der Waals surface area contributed by atoms with Crippen LogP contribution in [-0.2, 0) is 6.18 Å². The predicted molar refractivity (Wildman–Crippen MR) is 129 cm³/mol. The Labute approximate surface area is 202 Å². The summed E-state index contributed by atoms with van der Waals surface area (Å²) in [6, 6.07) is 11.7. The van der Waals surface area contributed by atoms with Crippen LogP contribution >= 0.6 is 11.3 Å². The van der Waals surface area contributed by atoms with E-state index in [0.717, 1.165) is 35.1 Å². The molecule has 0 aliphatic heterocycles. The molecule has 11 heteroatoms. The van der Waals surface area contributed by atoms with Crippen molar-refractivity contribution in [3.63, 3.8) is 0 Å². The van der Waals surface area contributed by atoms with Crippen LogP contribution in [0.3, 0.4) is 0 Å². The van der Waals surface area contributed by atoms with Gasteiger partial charge in [-0.2, -0.15) is 13.2 Å². The quantitative estimate of drug-likeness (QED) is 0.343. The first-order valence-electron chi connectivity index (χ1n) is 10.1. The normalized spacial score (nSPS) is 11.4. The Hall–Kier alpha value is -3.99. The molecule has 0 unspecified atom stereocenters. The van der Waals surface area contributed by atoms with Gasteiger partial charge in [0, 0.05) is 10.9 Å². The van der Waals surface area contributed by atoms with Crippen molar-refractivity contribution in [1.29, 1.82) is 0 Å². The lowest BCUT2D eigenvalue weighted by Gasteiger charge is -2.13. The van der Waals surface area contributed by atoms with Crippen LogP contribution in [0.15, 0.2) is 48.5 Å². The number of anilines is 2. The molecule has 0 spiro atoms. The lowest BCUT2D eigenvalue weighted by Crippen LogP contribution is -2.14. The first-order chi connectivity index (χ1) is 16.7. The molecule has 0 fully saturated rings. The Kier molecular flexibility index (Phi) is 6.44. The Morgan fingerprint density at radius 2 is 1.63 bits per heavy atom. The van der Waals surface area contributed by atoms with E-state index in [4.69, 9.17) is 19.9 Å². The number of alkyl halides is 3. The molecule has 0 bridgehead atoms. The van der Waals surface area contributed by atoms with Crippen molar-refractivity contribution in [3.05, 3.63) is 59.0 Å². The van der Waals surface area contributed by atoms with Crippen molar-refractivity contribution in [2.75, 3.05) is 32.4 Å². The van der Waals surface area contributed by atoms with Gasteiger partial charge in [-0.05, 0) is 48.5 Å². The fourth-order valence-corrected chi connectivity index (χ4v) is 4.47. The van der Waals surface area contributed by atoms with Crippen molar-refractivity contribution in [2.45, 2.75) is 6.18 Å². The van der Waals surface area contributed by atoms with Gasteiger partial charge in [-0.1, -0.05) is 0 Å². The molecule has 0 aliphatic rings. The number of nitrogens with two attached hydrogens (primary N) is 1. The minimum Gasteiger partial charge on any atom is -0.495 e. The second kappa shape index (κ2) is 9.34. The Bertz CT molecular complexity index is 1420. The standard InChI is InChI=1S/C24H20F3N3O4S/c1-32-17-9-5-13(24(25,26)27)11-16(17)29-22(31)21-20(28)14-6-7-15(30-23(14)35-21)12-4-8-18(33-2)19(10-12)34-3/h4-11H,28H2,1-3H3,(H,29,31). The monoisotopic (exact) mass is 503 g/mol. The summed E-state index contributed by atoms with van der Waals surface area (Å²) in [6.45, 7) is 0. The molecule has 4 aromatic rings. The molecular weight excluding hydrogens is 483 g/mol. The van der Waals surface area contributed by atoms with Gasteiger partial charge in [-0.15, -0.1) is 11.3 Å². The summed E-state index contributed by atoms with van der Waals surface area (Å²) < 4.78 is 55.1. The van der Waals surface area contributed by atoms with Crippen molar-refractivity contribution < 1.29 is 32.2 Å². The summed E-state index contributed by atoms with van der Waals surface area (Å²) in [5, 5.41) is 3.03. The fraction of sp³-hybridized carbons (Fsp3) is 0.167. The zero-order chi connectivity index (χ0) is 25.3. The number of aromatic nitrogens is 1. The number of carbonyl (C=O) groups is 1. The van der Waals surface area contributed by atoms with E-state index < -0.39 is 17.6 Å². The van der Waals surface area contributed by atoms with Crippen molar-refractivity contribution in [2.24, 2.45) is 0 Å². The molecule has 0 atom stereocenters. The molecule has 182 valence electrons. The van der Waals surface area contributed by atoms with E-state index in [2.05, 4.69) is 10.3 Å². The first kappa shape index (κ1) is 24.1. The van der Waals surface area contributed by atoms with Gasteiger partial charge in [0.15, 0.2) is 11.5 Å². The van der Waals surface area contributed by atoms with Crippen LogP contribution in [0.2, 0.25) is 0 Å². The third-order valence-corrected chi connectivity index (χ3v) is 6.37. The number of methoxy groups -OCH3 is 3. The number of nitrogen functional groups attached to an aromatic ring is 1. The predicted octanol–water partition coefficient (Wildman–Crippen LogP) is 5.84. The summed E-state index contributed by atoms with van der Waals surface area (Å²) in [5.41, 5.74) is 6.72. The smallest absolute Gasteiger partial charge is 0.416 e. The highest BCUT2D eigenvalue weighted by molar-refractivity contribution is 7.21. The highest BCUT2D eigenvalue weighted by Crippen LogP contribution is 2.38. The van der Waals surface area contributed by atoms with E-state index in [1.165, 1.54) is 21.3 Å². The van der Waals surface area contributed by atoms with E-state index in [1.54, 1.807) is 24.3 Å². The Morgan fingerprint density at radius 3 is 2.29 bits per heavy atom. The first-order valence-corrected chi connectivity index (χ1v) is 11.0. The molecule has 7 nitrogen and oxygen atoms in total. The number of carbonyl (C=O) groups excluding carboxylic acids is 1. The molecule has 0 aliphatic carbocycles. The molecule has 1 amide bonds. The van der Waals surface area contributed by atoms with Crippen LogP contribution in [0.25, 0.3) is 21.5 Å². The number of hydrogen-bond acceptors (Lipinski definition) is 7. The van der Waals surface area contributed by atoms with Gasteiger partial charge in [0.1, 0.15) is 15.5 Å². The van der Waals surface area contributed by atoms with Gasteiger partial charge in [0.25, 0.3) is 5.91 Å². The number of nitrogens with one attached hydrogen (secondary N) is 1. The van der Waals surface area contributed by atoms with Crippen molar-refractivity contribution in [3.8, 4) is 28.5 Å². The number of ether oxygens (including phenoxy) is 3. The minimum atomic E-state index is -4.58. The Balaban J connectivity index is 1.69. The molecule has 0 saturated heterocycles. The molecule has 0 saturated carbocycles. The second-order valence-corrected chi connectivity index (χ2v) is 8.33. The molecule has 4 rings (SSSR count). The highest BCUT2D eigenvalue weighted by atomic mass is 32.1. The summed E-state index contributed by atoms with van der Waals surface area (Å²) in [5.74, 6) is 0.519. The van der Waals surface area contributed by atoms with E-state index in [9.17, 15) is 18.0 Å². The fourth-order valence-electron chi connectivity index (χ4n) is 3.48. The molecule has 2 aromatic heterocycles. The van der Waals surface area contributed by atoms with Crippen LogP contribution in [0, 0.1) is 0 Å². The van der Waals surface area contributed by atoms with Crippen LogP contribution in [-0.4, -0.2) is 32.2 Å².